The molecule has 2 rings (SSSR count). The summed E-state index contributed by atoms with van der Waals surface area (Å²) >= 11 is 6.44. The van der Waals surface area contributed by atoms with E-state index >= 15 is 0 Å². The quantitative estimate of drug-likeness (QED) is 0.610. The van der Waals surface area contributed by atoms with Gasteiger partial charge in [-0.3, -0.25) is 4.79 Å². The largest absolute Gasteiger partial charge is 0.469 e. The van der Waals surface area contributed by atoms with E-state index in [-0.39, 0.29) is 12.4 Å². The molecule has 25 heavy (non-hydrogen) atoms. The van der Waals surface area contributed by atoms with Crippen LogP contribution in [0.3, 0.4) is 0 Å². The molecule has 0 aromatic heterocycles. The predicted octanol–water partition coefficient (Wildman–Crippen LogP) is 5.74. The highest BCUT2D eigenvalue weighted by atomic mass is 35.5. The summed E-state index contributed by atoms with van der Waals surface area (Å²) in [7, 11) is 1.37. The topological polar surface area (TPSA) is 26.3 Å². The van der Waals surface area contributed by atoms with Crippen molar-refractivity contribution in [3.05, 3.63) is 70.3 Å². The minimum absolute atomic E-state index is 0.196. The van der Waals surface area contributed by atoms with Crippen molar-refractivity contribution in [3.8, 4) is 11.1 Å². The molecule has 2 aromatic carbocycles. The number of esters is 1. The number of aryl methyl sites for hydroxylation is 2. The van der Waals surface area contributed by atoms with Gasteiger partial charge < -0.3 is 4.74 Å². The molecule has 0 heterocycles. The summed E-state index contributed by atoms with van der Waals surface area (Å²) in [6.45, 7) is 1.96. The van der Waals surface area contributed by atoms with Crippen molar-refractivity contribution in [1.29, 1.82) is 0 Å². The van der Waals surface area contributed by atoms with Gasteiger partial charge in [-0.15, -0.1) is 0 Å². The molecule has 0 aliphatic rings. The molecular weight excluding hydrogens is 346 g/mol. The summed E-state index contributed by atoms with van der Waals surface area (Å²) in [6.07, 6.45) is 0.281. The van der Waals surface area contributed by atoms with Gasteiger partial charge in [0.2, 0.25) is 0 Å². The third-order valence-corrected chi connectivity index (χ3v) is 4.23. The first-order valence-electron chi connectivity index (χ1n) is 7.87. The Morgan fingerprint density at radius 3 is 2.40 bits per heavy atom. The van der Waals surface area contributed by atoms with Gasteiger partial charge in [-0.1, -0.05) is 41.9 Å². The molecule has 5 heteroatoms. The zero-order chi connectivity index (χ0) is 18.4. The molecule has 132 valence electrons. The molecule has 2 aromatic rings. The Labute approximate surface area is 151 Å². The normalized spacial score (nSPS) is 10.4. The Balaban J connectivity index is 2.21. The first-order chi connectivity index (χ1) is 11.9. The van der Waals surface area contributed by atoms with Crippen LogP contribution in [0.5, 0.6) is 0 Å². The van der Waals surface area contributed by atoms with E-state index in [1.165, 1.54) is 7.11 Å². The number of ether oxygens (including phenoxy) is 1. The van der Waals surface area contributed by atoms with Crippen LogP contribution in [0.25, 0.3) is 11.1 Å². The third-order valence-electron chi connectivity index (χ3n) is 3.93. The lowest BCUT2D eigenvalue weighted by Crippen LogP contribution is -2.02. The molecule has 0 aliphatic carbocycles. The number of hydrogen-bond acceptors (Lipinski definition) is 2. The molecule has 0 radical (unpaired) electrons. The Kier molecular flexibility index (Phi) is 6.71. The summed E-state index contributed by atoms with van der Waals surface area (Å²) in [5.41, 5.74) is 4.60. The highest BCUT2D eigenvalue weighted by Gasteiger charge is 2.10. The molecule has 0 bridgehead atoms. The summed E-state index contributed by atoms with van der Waals surface area (Å²) in [5.74, 6) is -0.257. The molecule has 0 amide bonds. The van der Waals surface area contributed by atoms with E-state index in [1.54, 1.807) is 0 Å². The van der Waals surface area contributed by atoms with Gasteiger partial charge in [0.1, 0.15) is 0 Å². The maximum Gasteiger partial charge on any atom is 0.305 e. The number of rotatable bonds is 6. The highest BCUT2D eigenvalue weighted by molar-refractivity contribution is 6.33. The van der Waals surface area contributed by atoms with Crippen LogP contribution >= 0.6 is 11.6 Å². The van der Waals surface area contributed by atoms with E-state index in [4.69, 9.17) is 11.6 Å². The van der Waals surface area contributed by atoms with Crippen molar-refractivity contribution in [2.24, 2.45) is 0 Å². The lowest BCUT2D eigenvalue weighted by Gasteiger charge is -2.12. The lowest BCUT2D eigenvalue weighted by atomic mass is 9.96. The molecule has 0 unspecified atom stereocenters. The van der Waals surface area contributed by atoms with Crippen LogP contribution < -0.4 is 0 Å². The first-order valence-corrected chi connectivity index (χ1v) is 8.25. The van der Waals surface area contributed by atoms with E-state index in [9.17, 15) is 13.6 Å². The van der Waals surface area contributed by atoms with Crippen molar-refractivity contribution in [1.82, 2.24) is 0 Å². The first kappa shape index (κ1) is 19.1. The van der Waals surface area contributed by atoms with Crippen LogP contribution in [0.15, 0.2) is 48.6 Å². The summed E-state index contributed by atoms with van der Waals surface area (Å²) in [4.78, 5) is 11.3. The van der Waals surface area contributed by atoms with Crippen molar-refractivity contribution < 1.29 is 18.3 Å². The smallest absolute Gasteiger partial charge is 0.305 e. The van der Waals surface area contributed by atoms with E-state index in [0.717, 1.165) is 33.9 Å². The van der Waals surface area contributed by atoms with E-state index in [0.29, 0.717) is 17.9 Å². The van der Waals surface area contributed by atoms with Gasteiger partial charge in [0.15, 0.2) is 0 Å². The fourth-order valence-electron chi connectivity index (χ4n) is 2.68. The average molecular weight is 365 g/mol. The van der Waals surface area contributed by atoms with Gasteiger partial charge in [0.05, 0.1) is 7.11 Å². The predicted molar refractivity (Wildman–Crippen MR) is 96.0 cm³/mol. The van der Waals surface area contributed by atoms with Crippen molar-refractivity contribution in [3.63, 3.8) is 0 Å². The summed E-state index contributed by atoms with van der Waals surface area (Å²) in [6, 6.07) is 11.2. The molecule has 0 spiro atoms. The van der Waals surface area contributed by atoms with Crippen LogP contribution in [0.4, 0.5) is 8.78 Å². The molecule has 0 atom stereocenters. The zero-order valence-electron chi connectivity index (χ0n) is 14.1. The standard InChI is InChI=1S/C20H19ClF2O2/c1-13-11-15(6-10-19(24)25-2)12-17(21)20(13)16-7-3-14(4-8-16)5-9-18(22)23/h3-4,7-9,11-12H,5-6,10H2,1-2H3. The number of halogens is 3. The molecule has 2 nitrogen and oxygen atoms in total. The highest BCUT2D eigenvalue weighted by Crippen LogP contribution is 2.33. The van der Waals surface area contributed by atoms with Crippen LogP contribution in [-0.4, -0.2) is 13.1 Å². The fourth-order valence-corrected chi connectivity index (χ4v) is 3.07. The van der Waals surface area contributed by atoms with Crippen molar-refractivity contribution in [2.75, 3.05) is 7.11 Å². The summed E-state index contributed by atoms with van der Waals surface area (Å²) < 4.78 is 29.0. The van der Waals surface area contributed by atoms with E-state index in [1.807, 2.05) is 43.3 Å². The van der Waals surface area contributed by atoms with Crippen LogP contribution in [0.2, 0.25) is 5.02 Å². The number of hydrogen-bond donors (Lipinski definition) is 0. The minimum atomic E-state index is -1.68. The maximum absolute atomic E-state index is 12.2. The zero-order valence-corrected chi connectivity index (χ0v) is 14.9. The van der Waals surface area contributed by atoms with Crippen LogP contribution in [-0.2, 0) is 22.4 Å². The van der Waals surface area contributed by atoms with Gasteiger partial charge in [-0.2, -0.15) is 8.78 Å². The van der Waals surface area contributed by atoms with Gasteiger partial charge in [-0.05, 0) is 54.2 Å². The van der Waals surface area contributed by atoms with Gasteiger partial charge in [0.25, 0.3) is 6.08 Å². The Hall–Kier alpha value is -2.20. The molecule has 0 saturated heterocycles. The Bertz CT molecular complexity index is 756. The van der Waals surface area contributed by atoms with Crippen LogP contribution in [0.1, 0.15) is 23.1 Å². The third kappa shape index (κ3) is 5.40. The number of carbonyl (C=O) groups excluding carboxylic acids is 1. The maximum atomic E-state index is 12.2. The van der Waals surface area contributed by atoms with Gasteiger partial charge >= 0.3 is 5.97 Å². The van der Waals surface area contributed by atoms with Crippen molar-refractivity contribution in [2.45, 2.75) is 26.2 Å². The minimum Gasteiger partial charge on any atom is -0.469 e. The number of methoxy groups -OCH3 is 1. The Morgan fingerprint density at radius 1 is 1.16 bits per heavy atom. The molecular formula is C20H19ClF2O2. The van der Waals surface area contributed by atoms with E-state index < -0.39 is 6.08 Å². The number of carbonyl (C=O) groups is 1. The second-order valence-corrected chi connectivity index (χ2v) is 6.15. The number of benzene rings is 2. The SMILES string of the molecule is COC(=O)CCc1cc(C)c(-c2ccc(CC=C(F)F)cc2)c(Cl)c1. The molecule has 0 saturated carbocycles. The second kappa shape index (κ2) is 8.77. The monoisotopic (exact) mass is 364 g/mol. The molecule has 0 fully saturated rings. The molecule has 0 aliphatic heterocycles. The average Bonchev–Trinajstić information content (AvgIpc) is 2.58. The van der Waals surface area contributed by atoms with Gasteiger partial charge in [0, 0.05) is 17.0 Å². The lowest BCUT2D eigenvalue weighted by molar-refractivity contribution is -0.140. The van der Waals surface area contributed by atoms with Crippen molar-refractivity contribution >= 4 is 17.6 Å². The number of allylic oxidation sites excluding steroid dienone is 1. The fraction of sp³-hybridized carbons (Fsp3) is 0.250. The second-order valence-electron chi connectivity index (χ2n) is 5.74. The van der Waals surface area contributed by atoms with Crippen LogP contribution in [0, 0.1) is 6.92 Å². The Morgan fingerprint density at radius 2 is 1.84 bits per heavy atom. The summed E-state index contributed by atoms with van der Waals surface area (Å²) in [5, 5.41) is 0.599. The van der Waals surface area contributed by atoms with E-state index in [2.05, 4.69) is 4.74 Å². The van der Waals surface area contributed by atoms with Gasteiger partial charge in [-0.25, -0.2) is 0 Å². The molecule has 0 N–H and O–H groups in total.